The third-order valence-electron chi connectivity index (χ3n) is 5.64. The molecular formula is C25H27NO5. The quantitative estimate of drug-likeness (QED) is 0.382. The standard InChI is InChI=1S/C25H27NO5/c1-5-30-23(28)25(24(29)31-6-2)17(4)26-21(18-14-12-16(3)13-15-18)20(25)22(27)19-10-8-7-9-11-19/h7-15,20-21H,5-6H2,1-4H3/t20-,21-/m0/s1. The van der Waals surface area contributed by atoms with Crippen LogP contribution in [0.15, 0.2) is 59.6 Å². The molecule has 1 aliphatic heterocycles. The van der Waals surface area contributed by atoms with E-state index in [-0.39, 0.29) is 24.7 Å². The number of aryl methyl sites for hydroxylation is 1. The lowest BCUT2D eigenvalue weighted by molar-refractivity contribution is -0.168. The summed E-state index contributed by atoms with van der Waals surface area (Å²) < 4.78 is 10.6. The molecular weight excluding hydrogens is 394 g/mol. The molecule has 1 heterocycles. The molecule has 6 nitrogen and oxygen atoms in total. The van der Waals surface area contributed by atoms with Gasteiger partial charge in [0.05, 0.1) is 25.2 Å². The third kappa shape index (κ3) is 3.90. The van der Waals surface area contributed by atoms with E-state index in [2.05, 4.69) is 4.99 Å². The maximum atomic E-state index is 13.8. The van der Waals surface area contributed by atoms with E-state index in [1.165, 1.54) is 0 Å². The summed E-state index contributed by atoms with van der Waals surface area (Å²) >= 11 is 0. The lowest BCUT2D eigenvalue weighted by Crippen LogP contribution is -2.53. The van der Waals surface area contributed by atoms with Crippen LogP contribution in [0.1, 0.15) is 48.3 Å². The van der Waals surface area contributed by atoms with Crippen LogP contribution >= 0.6 is 0 Å². The van der Waals surface area contributed by atoms with Crippen LogP contribution in [0.4, 0.5) is 0 Å². The Balaban J connectivity index is 2.24. The first-order valence-electron chi connectivity index (χ1n) is 10.4. The lowest BCUT2D eigenvalue weighted by atomic mass is 9.67. The van der Waals surface area contributed by atoms with Gasteiger partial charge >= 0.3 is 11.9 Å². The number of carbonyl (C=O) groups is 3. The van der Waals surface area contributed by atoms with E-state index in [1.807, 2.05) is 31.2 Å². The summed E-state index contributed by atoms with van der Waals surface area (Å²) in [6, 6.07) is 15.5. The van der Waals surface area contributed by atoms with E-state index >= 15 is 0 Å². The van der Waals surface area contributed by atoms with Crippen molar-refractivity contribution in [1.29, 1.82) is 0 Å². The predicted octanol–water partition coefficient (Wildman–Crippen LogP) is 4.12. The molecule has 0 aromatic heterocycles. The molecule has 0 saturated carbocycles. The zero-order valence-corrected chi connectivity index (χ0v) is 18.3. The van der Waals surface area contributed by atoms with Crippen LogP contribution in [0.2, 0.25) is 0 Å². The molecule has 0 unspecified atom stereocenters. The van der Waals surface area contributed by atoms with Gasteiger partial charge in [0, 0.05) is 11.3 Å². The number of Topliss-reactive ketones (excluding diaryl/α,β-unsaturated/α-hetero) is 1. The minimum absolute atomic E-state index is 0.0642. The van der Waals surface area contributed by atoms with E-state index in [0.29, 0.717) is 5.56 Å². The fourth-order valence-corrected chi connectivity index (χ4v) is 4.12. The smallest absolute Gasteiger partial charge is 0.330 e. The number of nitrogens with zero attached hydrogens (tertiary/aromatic N) is 1. The molecule has 1 aliphatic rings. The normalized spacial score (nSPS) is 19.4. The molecule has 3 rings (SSSR count). The zero-order valence-electron chi connectivity index (χ0n) is 18.3. The Bertz CT molecular complexity index is 976. The molecule has 6 heteroatoms. The maximum Gasteiger partial charge on any atom is 0.330 e. The van der Waals surface area contributed by atoms with Gasteiger partial charge in [0.1, 0.15) is 0 Å². The van der Waals surface area contributed by atoms with Crippen molar-refractivity contribution in [2.75, 3.05) is 13.2 Å². The summed E-state index contributed by atoms with van der Waals surface area (Å²) in [5, 5.41) is 0. The lowest BCUT2D eigenvalue weighted by Gasteiger charge is -2.32. The van der Waals surface area contributed by atoms with Gasteiger partial charge < -0.3 is 9.47 Å². The second-order valence-corrected chi connectivity index (χ2v) is 7.53. The highest BCUT2D eigenvalue weighted by Crippen LogP contribution is 2.50. The van der Waals surface area contributed by atoms with E-state index < -0.39 is 29.3 Å². The van der Waals surface area contributed by atoms with Crippen molar-refractivity contribution in [2.24, 2.45) is 16.3 Å². The predicted molar refractivity (Wildman–Crippen MR) is 117 cm³/mol. The molecule has 0 N–H and O–H groups in total. The van der Waals surface area contributed by atoms with E-state index in [0.717, 1.165) is 11.1 Å². The van der Waals surface area contributed by atoms with Crippen molar-refractivity contribution in [3.05, 3.63) is 71.3 Å². The largest absolute Gasteiger partial charge is 0.465 e. The van der Waals surface area contributed by atoms with Gasteiger partial charge in [0.15, 0.2) is 5.78 Å². The summed E-state index contributed by atoms with van der Waals surface area (Å²) in [6.45, 7) is 6.99. The maximum absolute atomic E-state index is 13.8. The van der Waals surface area contributed by atoms with Crippen molar-refractivity contribution in [3.8, 4) is 0 Å². The minimum Gasteiger partial charge on any atom is -0.465 e. The SMILES string of the molecule is CCOC(=O)C1(C(=O)OCC)C(C)=N[C@@H](c2ccc(C)cc2)[C@H]1C(=O)c1ccccc1. The minimum atomic E-state index is -1.94. The number of benzene rings is 2. The molecule has 2 atom stereocenters. The summed E-state index contributed by atoms with van der Waals surface area (Å²) in [6.07, 6.45) is 0. The molecule has 0 spiro atoms. The number of rotatable bonds is 7. The number of ketones is 1. The summed E-state index contributed by atoms with van der Waals surface area (Å²) in [5.74, 6) is -3.08. The number of ether oxygens (including phenoxy) is 2. The molecule has 162 valence electrons. The van der Waals surface area contributed by atoms with Crippen LogP contribution in [0.5, 0.6) is 0 Å². The van der Waals surface area contributed by atoms with E-state index in [4.69, 9.17) is 9.47 Å². The Hall–Kier alpha value is -3.28. The number of hydrogen-bond donors (Lipinski definition) is 0. The summed E-state index contributed by atoms with van der Waals surface area (Å²) in [5.41, 5.74) is 0.482. The first kappa shape index (κ1) is 22.4. The number of esters is 2. The van der Waals surface area contributed by atoms with Gasteiger partial charge in [-0.3, -0.25) is 19.4 Å². The molecule has 0 saturated heterocycles. The number of hydrogen-bond acceptors (Lipinski definition) is 6. The van der Waals surface area contributed by atoms with Crippen LogP contribution in [0, 0.1) is 18.3 Å². The molecule has 0 aliphatic carbocycles. The second-order valence-electron chi connectivity index (χ2n) is 7.53. The molecule has 0 fully saturated rings. The fourth-order valence-electron chi connectivity index (χ4n) is 4.12. The second kappa shape index (κ2) is 9.25. The fraction of sp³-hybridized carbons (Fsp3) is 0.360. The van der Waals surface area contributed by atoms with Gasteiger partial charge in [0.2, 0.25) is 5.41 Å². The molecule has 0 amide bonds. The third-order valence-corrected chi connectivity index (χ3v) is 5.64. The highest BCUT2D eigenvalue weighted by Gasteiger charge is 2.65. The van der Waals surface area contributed by atoms with Gasteiger partial charge in [-0.05, 0) is 33.3 Å². The monoisotopic (exact) mass is 421 g/mol. The average Bonchev–Trinajstić information content (AvgIpc) is 3.08. The van der Waals surface area contributed by atoms with Gasteiger partial charge in [-0.1, -0.05) is 60.2 Å². The average molecular weight is 421 g/mol. The number of carbonyl (C=O) groups excluding carboxylic acids is 3. The van der Waals surface area contributed by atoms with Crippen LogP contribution in [0.3, 0.4) is 0 Å². The van der Waals surface area contributed by atoms with Gasteiger partial charge in [0.25, 0.3) is 0 Å². The highest BCUT2D eigenvalue weighted by molar-refractivity contribution is 6.26. The topological polar surface area (TPSA) is 82.0 Å². The van der Waals surface area contributed by atoms with Crippen LogP contribution < -0.4 is 0 Å². The highest BCUT2D eigenvalue weighted by atomic mass is 16.6. The van der Waals surface area contributed by atoms with Crippen molar-refractivity contribution >= 4 is 23.4 Å². The first-order valence-corrected chi connectivity index (χ1v) is 10.4. The zero-order chi connectivity index (χ0) is 22.6. The summed E-state index contributed by atoms with van der Waals surface area (Å²) in [4.78, 5) is 45.1. The van der Waals surface area contributed by atoms with Crippen LogP contribution in [-0.4, -0.2) is 36.6 Å². The molecule has 31 heavy (non-hydrogen) atoms. The van der Waals surface area contributed by atoms with Crippen molar-refractivity contribution < 1.29 is 23.9 Å². The Kier molecular flexibility index (Phi) is 6.68. The van der Waals surface area contributed by atoms with Crippen LogP contribution in [-0.2, 0) is 19.1 Å². The van der Waals surface area contributed by atoms with E-state index in [9.17, 15) is 14.4 Å². The van der Waals surface area contributed by atoms with Crippen molar-refractivity contribution in [2.45, 2.75) is 33.7 Å². The summed E-state index contributed by atoms with van der Waals surface area (Å²) in [7, 11) is 0. The van der Waals surface area contributed by atoms with Crippen molar-refractivity contribution in [3.63, 3.8) is 0 Å². The molecule has 2 aromatic rings. The first-order chi connectivity index (χ1) is 14.9. The Morgan fingerprint density at radius 3 is 1.94 bits per heavy atom. The Morgan fingerprint density at radius 1 is 0.871 bits per heavy atom. The van der Waals surface area contributed by atoms with Crippen LogP contribution in [0.25, 0.3) is 0 Å². The molecule has 2 aromatic carbocycles. The van der Waals surface area contributed by atoms with Gasteiger partial charge in [-0.25, -0.2) is 0 Å². The van der Waals surface area contributed by atoms with Crippen molar-refractivity contribution in [1.82, 2.24) is 0 Å². The molecule has 0 radical (unpaired) electrons. The van der Waals surface area contributed by atoms with Gasteiger partial charge in [-0.15, -0.1) is 0 Å². The van der Waals surface area contributed by atoms with E-state index in [1.54, 1.807) is 51.1 Å². The molecule has 0 bridgehead atoms. The van der Waals surface area contributed by atoms with Gasteiger partial charge in [-0.2, -0.15) is 0 Å². The number of aliphatic imine (C=N–C) groups is 1. The Morgan fingerprint density at radius 2 is 1.42 bits per heavy atom. The Labute approximate surface area is 182 Å².